The van der Waals surface area contributed by atoms with E-state index in [4.69, 9.17) is 17.3 Å². The zero-order chi connectivity index (χ0) is 11.7. The van der Waals surface area contributed by atoms with Gasteiger partial charge in [-0.25, -0.2) is 4.98 Å². The number of nitrogens with two attached hydrogens (primary N) is 1. The third-order valence-corrected chi connectivity index (χ3v) is 2.95. The first-order valence-corrected chi connectivity index (χ1v) is 5.48. The summed E-state index contributed by atoms with van der Waals surface area (Å²) >= 11 is 5.92. The van der Waals surface area contributed by atoms with E-state index >= 15 is 0 Å². The fraction of sp³-hybridized carbons (Fsp3) is 0.250. The van der Waals surface area contributed by atoms with E-state index in [2.05, 4.69) is 4.98 Å². The lowest BCUT2D eigenvalue weighted by Gasteiger charge is -2.10. The second kappa shape index (κ2) is 4.18. The van der Waals surface area contributed by atoms with Crippen molar-refractivity contribution in [1.82, 2.24) is 9.55 Å². The number of halogens is 1. The molecule has 2 aromatic rings. The van der Waals surface area contributed by atoms with Crippen LogP contribution in [0.1, 0.15) is 16.8 Å². The van der Waals surface area contributed by atoms with Crippen LogP contribution in [0.4, 0.5) is 5.95 Å². The number of aryl methyl sites for hydroxylation is 2. The first kappa shape index (κ1) is 11.0. The normalized spacial score (nSPS) is 10.7. The Hall–Kier alpha value is -1.48. The smallest absolute Gasteiger partial charge is 0.200 e. The van der Waals surface area contributed by atoms with Crippen molar-refractivity contribution in [3.05, 3.63) is 46.2 Å². The summed E-state index contributed by atoms with van der Waals surface area (Å²) in [5, 5.41) is 0.761. The highest BCUT2D eigenvalue weighted by molar-refractivity contribution is 6.30. The Morgan fingerprint density at radius 2 is 2.12 bits per heavy atom. The quantitative estimate of drug-likeness (QED) is 0.870. The summed E-state index contributed by atoms with van der Waals surface area (Å²) in [5.41, 5.74) is 9.23. The molecule has 0 amide bonds. The van der Waals surface area contributed by atoms with Crippen molar-refractivity contribution in [3.63, 3.8) is 0 Å². The molecule has 0 spiro atoms. The fourth-order valence-corrected chi connectivity index (χ4v) is 1.92. The molecule has 3 nitrogen and oxygen atoms in total. The molecule has 84 valence electrons. The first-order chi connectivity index (χ1) is 7.58. The third kappa shape index (κ3) is 2.04. The fourth-order valence-electron chi connectivity index (χ4n) is 1.69. The van der Waals surface area contributed by atoms with Crippen molar-refractivity contribution < 1.29 is 0 Å². The number of hydrogen-bond donors (Lipinski definition) is 1. The molecule has 0 aliphatic carbocycles. The predicted octanol–water partition coefficient (Wildman–Crippen LogP) is 2.78. The summed E-state index contributed by atoms with van der Waals surface area (Å²) in [6.45, 7) is 4.78. The highest BCUT2D eigenvalue weighted by Crippen LogP contribution is 2.18. The van der Waals surface area contributed by atoms with Crippen LogP contribution in [0, 0.1) is 13.8 Å². The second-order valence-corrected chi connectivity index (χ2v) is 4.35. The van der Waals surface area contributed by atoms with Crippen LogP contribution < -0.4 is 5.73 Å². The van der Waals surface area contributed by atoms with Crippen molar-refractivity contribution in [3.8, 4) is 0 Å². The van der Waals surface area contributed by atoms with Crippen LogP contribution in [0.5, 0.6) is 0 Å². The van der Waals surface area contributed by atoms with E-state index in [1.165, 1.54) is 11.1 Å². The topological polar surface area (TPSA) is 43.8 Å². The van der Waals surface area contributed by atoms with Gasteiger partial charge in [-0.05, 0) is 37.1 Å². The molecule has 1 aromatic carbocycles. The standard InChI is InChI=1S/C12H14ClN3/c1-8-5-11(13)4-3-10(8)7-16-9(2)6-15-12(16)14/h3-6H,7H2,1-2H3,(H2,14,15). The Balaban J connectivity index is 2.34. The number of imidazole rings is 1. The number of aromatic nitrogens is 2. The van der Waals surface area contributed by atoms with Gasteiger partial charge >= 0.3 is 0 Å². The maximum atomic E-state index is 5.92. The highest BCUT2D eigenvalue weighted by atomic mass is 35.5. The van der Waals surface area contributed by atoms with Crippen molar-refractivity contribution >= 4 is 17.5 Å². The number of nitrogens with zero attached hydrogens (tertiary/aromatic N) is 2. The summed E-state index contributed by atoms with van der Waals surface area (Å²) in [6.07, 6.45) is 1.78. The Morgan fingerprint density at radius 1 is 1.38 bits per heavy atom. The molecule has 1 aromatic heterocycles. The van der Waals surface area contributed by atoms with E-state index in [-0.39, 0.29) is 0 Å². The van der Waals surface area contributed by atoms with Gasteiger partial charge in [0.15, 0.2) is 0 Å². The average Bonchev–Trinajstić information content (AvgIpc) is 2.53. The molecule has 0 saturated heterocycles. The molecule has 4 heteroatoms. The second-order valence-electron chi connectivity index (χ2n) is 3.91. The Morgan fingerprint density at radius 3 is 2.69 bits per heavy atom. The minimum absolute atomic E-state index is 0.548. The Labute approximate surface area is 99.9 Å². The van der Waals surface area contributed by atoms with Crippen LogP contribution in [0.2, 0.25) is 5.02 Å². The lowest BCUT2D eigenvalue weighted by atomic mass is 10.1. The van der Waals surface area contributed by atoms with Crippen molar-refractivity contribution in [2.75, 3.05) is 5.73 Å². The molecule has 0 fully saturated rings. The first-order valence-electron chi connectivity index (χ1n) is 5.10. The molecule has 2 N–H and O–H groups in total. The largest absolute Gasteiger partial charge is 0.369 e. The molecule has 0 aliphatic rings. The van der Waals surface area contributed by atoms with Gasteiger partial charge in [-0.15, -0.1) is 0 Å². The third-order valence-electron chi connectivity index (χ3n) is 2.72. The van der Waals surface area contributed by atoms with E-state index in [9.17, 15) is 0 Å². The minimum atomic E-state index is 0.548. The van der Waals surface area contributed by atoms with Gasteiger partial charge in [0.05, 0.1) is 12.7 Å². The molecule has 0 bridgehead atoms. The maximum absolute atomic E-state index is 5.92. The van der Waals surface area contributed by atoms with Crippen LogP contribution in [0.25, 0.3) is 0 Å². The summed E-state index contributed by atoms with van der Waals surface area (Å²) in [7, 11) is 0. The van der Waals surface area contributed by atoms with Crippen LogP contribution in [-0.2, 0) is 6.54 Å². The molecular weight excluding hydrogens is 222 g/mol. The van der Waals surface area contributed by atoms with Crippen LogP contribution in [0.3, 0.4) is 0 Å². The van der Waals surface area contributed by atoms with Gasteiger partial charge in [0.1, 0.15) is 0 Å². The van der Waals surface area contributed by atoms with Crippen LogP contribution in [-0.4, -0.2) is 9.55 Å². The van der Waals surface area contributed by atoms with E-state index in [1.807, 2.05) is 36.6 Å². The number of anilines is 1. The van der Waals surface area contributed by atoms with E-state index < -0.39 is 0 Å². The van der Waals surface area contributed by atoms with Gasteiger partial charge in [-0.3, -0.25) is 0 Å². The summed E-state index contributed by atoms with van der Waals surface area (Å²) in [6, 6.07) is 5.88. The van der Waals surface area contributed by atoms with Gasteiger partial charge in [0, 0.05) is 10.7 Å². The van der Waals surface area contributed by atoms with Gasteiger partial charge in [-0.2, -0.15) is 0 Å². The number of hydrogen-bond acceptors (Lipinski definition) is 2. The lowest BCUT2D eigenvalue weighted by Crippen LogP contribution is -2.07. The number of nitrogen functional groups attached to an aromatic ring is 1. The van der Waals surface area contributed by atoms with Gasteiger partial charge in [-0.1, -0.05) is 17.7 Å². The van der Waals surface area contributed by atoms with Crippen molar-refractivity contribution in [1.29, 1.82) is 0 Å². The molecule has 0 radical (unpaired) electrons. The van der Waals surface area contributed by atoms with E-state index in [1.54, 1.807) is 6.20 Å². The zero-order valence-corrected chi connectivity index (χ0v) is 10.1. The predicted molar refractivity (Wildman–Crippen MR) is 66.7 cm³/mol. The van der Waals surface area contributed by atoms with E-state index in [0.29, 0.717) is 5.95 Å². The average molecular weight is 236 g/mol. The molecule has 1 heterocycles. The molecule has 0 saturated carbocycles. The van der Waals surface area contributed by atoms with Crippen LogP contribution >= 0.6 is 11.6 Å². The van der Waals surface area contributed by atoms with E-state index in [0.717, 1.165) is 17.3 Å². The van der Waals surface area contributed by atoms with Gasteiger partial charge < -0.3 is 10.3 Å². The highest BCUT2D eigenvalue weighted by Gasteiger charge is 2.06. The minimum Gasteiger partial charge on any atom is -0.369 e. The maximum Gasteiger partial charge on any atom is 0.200 e. The molecule has 0 atom stereocenters. The zero-order valence-electron chi connectivity index (χ0n) is 9.37. The van der Waals surface area contributed by atoms with Crippen molar-refractivity contribution in [2.45, 2.75) is 20.4 Å². The summed E-state index contributed by atoms with van der Waals surface area (Å²) < 4.78 is 1.98. The van der Waals surface area contributed by atoms with Crippen molar-refractivity contribution in [2.24, 2.45) is 0 Å². The lowest BCUT2D eigenvalue weighted by molar-refractivity contribution is 0.778. The summed E-state index contributed by atoms with van der Waals surface area (Å²) in [4.78, 5) is 4.07. The number of rotatable bonds is 2. The molecule has 16 heavy (non-hydrogen) atoms. The Kier molecular flexibility index (Phi) is 2.88. The van der Waals surface area contributed by atoms with Gasteiger partial charge in [0.25, 0.3) is 0 Å². The Bertz CT molecular complexity index is 497. The molecular formula is C12H14ClN3. The SMILES string of the molecule is Cc1cc(Cl)ccc1Cn1c(C)cnc1N. The molecule has 0 unspecified atom stereocenters. The summed E-state index contributed by atoms with van der Waals surface area (Å²) in [5.74, 6) is 0.548. The molecule has 0 aliphatic heterocycles. The monoisotopic (exact) mass is 235 g/mol. The van der Waals surface area contributed by atoms with Crippen LogP contribution in [0.15, 0.2) is 24.4 Å². The molecule has 2 rings (SSSR count). The van der Waals surface area contributed by atoms with Gasteiger partial charge in [0.2, 0.25) is 5.95 Å². The number of benzene rings is 1.